The lowest BCUT2D eigenvalue weighted by Crippen LogP contribution is -2.36. The Morgan fingerprint density at radius 3 is 2.74 bits per heavy atom. The number of H-pyrrole nitrogens is 1. The Hall–Kier alpha value is -2.96. The number of aromatic amines is 1. The van der Waals surface area contributed by atoms with Crippen molar-refractivity contribution in [1.82, 2.24) is 25.3 Å². The third kappa shape index (κ3) is 4.27. The lowest BCUT2D eigenvalue weighted by Gasteiger charge is -2.17. The lowest BCUT2D eigenvalue weighted by atomic mass is 10.0. The molecule has 2 aromatic heterocycles. The van der Waals surface area contributed by atoms with Crippen LogP contribution in [-0.4, -0.2) is 37.4 Å². The normalized spacial score (nSPS) is 19.8. The number of rotatable bonds is 7. The second-order valence-electron chi connectivity index (χ2n) is 8.63. The highest BCUT2D eigenvalue weighted by atomic mass is 16.3. The number of nitrogens with one attached hydrogen (secondary N) is 2. The van der Waals surface area contributed by atoms with Crippen LogP contribution < -0.4 is 5.32 Å². The first-order chi connectivity index (χ1) is 15.2. The van der Waals surface area contributed by atoms with Crippen molar-refractivity contribution in [2.24, 2.45) is 5.92 Å². The largest absolute Gasteiger partial charge is 0.379 e. The molecule has 1 saturated carbocycles. The minimum absolute atomic E-state index is 0.392. The number of hydrogen-bond acceptors (Lipinski definition) is 4. The Morgan fingerprint density at radius 2 is 1.90 bits per heavy atom. The van der Waals surface area contributed by atoms with Crippen LogP contribution in [0.15, 0.2) is 60.9 Å². The van der Waals surface area contributed by atoms with Crippen molar-refractivity contribution in [3.63, 3.8) is 0 Å². The standard InChI is InChI=1S/C25H29N5O/c1-2-25(31)28-22-10-3-17(13-22)16-30-24(15-27-29-30)20-7-4-18(5-8-20)21-9-6-19-11-12-26-23(19)14-21/h4-9,11-12,14-15,17,22,25-26,28,31H,2-3,10,13,16H2,1H3/t17-,22+,25?/m1/s1. The summed E-state index contributed by atoms with van der Waals surface area (Å²) >= 11 is 0. The highest BCUT2D eigenvalue weighted by molar-refractivity contribution is 5.85. The highest BCUT2D eigenvalue weighted by Gasteiger charge is 2.26. The molecule has 0 radical (unpaired) electrons. The van der Waals surface area contributed by atoms with Crippen molar-refractivity contribution in [2.75, 3.05) is 0 Å². The van der Waals surface area contributed by atoms with Crippen LogP contribution in [0.25, 0.3) is 33.3 Å². The van der Waals surface area contributed by atoms with Crippen molar-refractivity contribution in [2.45, 2.75) is 51.4 Å². The van der Waals surface area contributed by atoms with E-state index in [2.05, 4.69) is 69.1 Å². The van der Waals surface area contributed by atoms with E-state index in [1.165, 1.54) is 16.5 Å². The number of aromatic nitrogens is 4. The summed E-state index contributed by atoms with van der Waals surface area (Å²) in [6, 6.07) is 17.6. The van der Waals surface area contributed by atoms with E-state index >= 15 is 0 Å². The number of nitrogens with zero attached hydrogens (tertiary/aromatic N) is 3. The molecule has 0 bridgehead atoms. The number of benzene rings is 2. The summed E-state index contributed by atoms with van der Waals surface area (Å²) in [4.78, 5) is 3.28. The summed E-state index contributed by atoms with van der Waals surface area (Å²) in [5.74, 6) is 0.550. The summed E-state index contributed by atoms with van der Waals surface area (Å²) in [5.41, 5.74) is 5.73. The molecule has 0 spiro atoms. The van der Waals surface area contributed by atoms with Crippen LogP contribution >= 0.6 is 0 Å². The van der Waals surface area contributed by atoms with Crippen molar-refractivity contribution in [3.05, 3.63) is 60.9 Å². The molecular weight excluding hydrogens is 386 g/mol. The van der Waals surface area contributed by atoms with Gasteiger partial charge in [-0.2, -0.15) is 0 Å². The van der Waals surface area contributed by atoms with Crippen LogP contribution in [0.2, 0.25) is 0 Å². The Balaban J connectivity index is 1.29. The first-order valence-electron chi connectivity index (χ1n) is 11.2. The quantitative estimate of drug-likeness (QED) is 0.386. The first kappa shape index (κ1) is 20.0. The second kappa shape index (κ2) is 8.65. The molecular formula is C25H29N5O. The van der Waals surface area contributed by atoms with E-state index < -0.39 is 6.23 Å². The van der Waals surface area contributed by atoms with Gasteiger partial charge >= 0.3 is 0 Å². The summed E-state index contributed by atoms with van der Waals surface area (Å²) in [7, 11) is 0. The van der Waals surface area contributed by atoms with Gasteiger partial charge in [0.2, 0.25) is 0 Å². The Bertz CT molecular complexity index is 1150. The van der Waals surface area contributed by atoms with E-state index in [1.807, 2.05) is 24.0 Å². The predicted molar refractivity (Wildman–Crippen MR) is 123 cm³/mol. The first-order valence-corrected chi connectivity index (χ1v) is 11.2. The third-order valence-electron chi connectivity index (χ3n) is 6.47. The van der Waals surface area contributed by atoms with Crippen molar-refractivity contribution >= 4 is 10.9 Å². The Morgan fingerprint density at radius 1 is 1.10 bits per heavy atom. The van der Waals surface area contributed by atoms with E-state index in [0.29, 0.717) is 12.0 Å². The van der Waals surface area contributed by atoms with E-state index in [0.717, 1.165) is 49.0 Å². The molecule has 1 aliphatic carbocycles. The van der Waals surface area contributed by atoms with Gasteiger partial charge in [-0.15, -0.1) is 5.10 Å². The minimum Gasteiger partial charge on any atom is -0.379 e. The average molecular weight is 416 g/mol. The predicted octanol–water partition coefficient (Wildman–Crippen LogP) is 4.58. The fraction of sp³-hybridized carbons (Fsp3) is 0.360. The van der Waals surface area contributed by atoms with Gasteiger partial charge in [0, 0.05) is 29.9 Å². The molecule has 31 heavy (non-hydrogen) atoms. The molecule has 6 heteroatoms. The molecule has 2 aromatic carbocycles. The van der Waals surface area contributed by atoms with Gasteiger partial charge in [-0.25, -0.2) is 4.68 Å². The molecule has 160 valence electrons. The van der Waals surface area contributed by atoms with Gasteiger partial charge in [0.1, 0.15) is 6.23 Å². The number of aliphatic hydroxyl groups is 1. The summed E-state index contributed by atoms with van der Waals surface area (Å²) in [5, 5.41) is 23.0. The molecule has 0 amide bonds. The molecule has 3 N–H and O–H groups in total. The fourth-order valence-corrected chi connectivity index (χ4v) is 4.70. The SMILES string of the molecule is CCC(O)N[C@H]1CC[C@@H](Cn2nncc2-c2ccc(-c3ccc4cc[nH]c4c3)cc2)C1. The summed E-state index contributed by atoms with van der Waals surface area (Å²) in [6.07, 6.45) is 7.48. The van der Waals surface area contributed by atoms with Gasteiger partial charge in [-0.3, -0.25) is 5.32 Å². The zero-order valence-electron chi connectivity index (χ0n) is 17.8. The maximum atomic E-state index is 9.86. The molecule has 1 fully saturated rings. The van der Waals surface area contributed by atoms with E-state index in [1.54, 1.807) is 0 Å². The number of aliphatic hydroxyl groups excluding tert-OH is 1. The topological polar surface area (TPSA) is 78.8 Å². The lowest BCUT2D eigenvalue weighted by molar-refractivity contribution is 0.118. The zero-order valence-corrected chi connectivity index (χ0v) is 17.8. The zero-order chi connectivity index (χ0) is 21.2. The van der Waals surface area contributed by atoms with E-state index in [4.69, 9.17) is 0 Å². The Labute approximate surface area is 182 Å². The molecule has 1 unspecified atom stereocenters. The van der Waals surface area contributed by atoms with Crippen LogP contribution in [0.4, 0.5) is 0 Å². The van der Waals surface area contributed by atoms with Crippen molar-refractivity contribution in [3.8, 4) is 22.4 Å². The molecule has 0 aliphatic heterocycles. The molecule has 1 aliphatic rings. The Kier molecular flexibility index (Phi) is 5.57. The molecule has 6 nitrogen and oxygen atoms in total. The van der Waals surface area contributed by atoms with Gasteiger partial charge < -0.3 is 10.1 Å². The maximum absolute atomic E-state index is 9.86. The maximum Gasteiger partial charge on any atom is 0.104 e. The number of fused-ring (bicyclic) bond motifs is 1. The average Bonchev–Trinajstić information content (AvgIpc) is 3.55. The molecule has 5 rings (SSSR count). The third-order valence-corrected chi connectivity index (χ3v) is 6.47. The number of hydrogen-bond donors (Lipinski definition) is 3. The van der Waals surface area contributed by atoms with Crippen LogP contribution in [0.3, 0.4) is 0 Å². The highest BCUT2D eigenvalue weighted by Crippen LogP contribution is 2.30. The smallest absolute Gasteiger partial charge is 0.104 e. The molecule has 0 saturated heterocycles. The van der Waals surface area contributed by atoms with Crippen molar-refractivity contribution < 1.29 is 5.11 Å². The van der Waals surface area contributed by atoms with Crippen LogP contribution in [-0.2, 0) is 6.54 Å². The van der Waals surface area contributed by atoms with Crippen LogP contribution in [0.5, 0.6) is 0 Å². The second-order valence-corrected chi connectivity index (χ2v) is 8.63. The minimum atomic E-state index is -0.401. The van der Waals surface area contributed by atoms with Gasteiger partial charge in [0.05, 0.1) is 11.9 Å². The van der Waals surface area contributed by atoms with Gasteiger partial charge in [0.25, 0.3) is 0 Å². The molecule has 4 aromatic rings. The van der Waals surface area contributed by atoms with Crippen molar-refractivity contribution in [1.29, 1.82) is 0 Å². The summed E-state index contributed by atoms with van der Waals surface area (Å²) < 4.78 is 2.03. The van der Waals surface area contributed by atoms with E-state index in [9.17, 15) is 5.11 Å². The van der Waals surface area contributed by atoms with Gasteiger partial charge in [-0.1, -0.05) is 48.5 Å². The van der Waals surface area contributed by atoms with Crippen LogP contribution in [0, 0.1) is 5.92 Å². The molecule has 2 heterocycles. The van der Waals surface area contributed by atoms with Crippen LogP contribution in [0.1, 0.15) is 32.6 Å². The van der Waals surface area contributed by atoms with E-state index in [-0.39, 0.29) is 0 Å². The van der Waals surface area contributed by atoms with Gasteiger partial charge in [0.15, 0.2) is 0 Å². The summed E-state index contributed by atoms with van der Waals surface area (Å²) in [6.45, 7) is 2.86. The molecule has 3 atom stereocenters. The monoisotopic (exact) mass is 415 g/mol. The fourth-order valence-electron chi connectivity index (χ4n) is 4.70. The van der Waals surface area contributed by atoms with Gasteiger partial charge in [-0.05, 0) is 60.2 Å².